The molecule has 0 aliphatic rings. The van der Waals surface area contributed by atoms with Gasteiger partial charge in [-0.3, -0.25) is 9.59 Å². The molecule has 0 bridgehead atoms. The van der Waals surface area contributed by atoms with Crippen LogP contribution >= 0.6 is 11.6 Å². The van der Waals surface area contributed by atoms with Gasteiger partial charge in [0, 0.05) is 5.41 Å². The quantitative estimate of drug-likeness (QED) is 0.896. The zero-order chi connectivity index (χ0) is 14.6. The monoisotopic (exact) mass is 282 g/mol. The standard InChI is InChI=1S/C14H19ClN2O2/c1-9(16-13(19)14(2,3)4)12(18)17-11-8-6-5-7-10(11)15/h5-9H,1-4H3,(H,16,19)(H,17,18)/t9-/m1/s1. The van der Waals surface area contributed by atoms with Crippen LogP contribution in [-0.2, 0) is 9.59 Å². The third-order valence-corrected chi connectivity index (χ3v) is 2.88. The highest BCUT2D eigenvalue weighted by molar-refractivity contribution is 6.33. The zero-order valence-electron chi connectivity index (χ0n) is 11.6. The predicted octanol–water partition coefficient (Wildman–Crippen LogP) is 2.83. The Morgan fingerprint density at radius 1 is 1.21 bits per heavy atom. The van der Waals surface area contributed by atoms with Gasteiger partial charge in [0.2, 0.25) is 11.8 Å². The molecule has 0 heterocycles. The van der Waals surface area contributed by atoms with Crippen LogP contribution in [0.25, 0.3) is 0 Å². The number of amides is 2. The Labute approximate surface area is 118 Å². The fraction of sp³-hybridized carbons (Fsp3) is 0.429. The zero-order valence-corrected chi connectivity index (χ0v) is 12.3. The lowest BCUT2D eigenvalue weighted by Gasteiger charge is -2.21. The molecule has 2 amide bonds. The maximum atomic E-state index is 11.9. The third-order valence-electron chi connectivity index (χ3n) is 2.55. The van der Waals surface area contributed by atoms with Crippen LogP contribution in [0.1, 0.15) is 27.7 Å². The Morgan fingerprint density at radius 2 is 1.79 bits per heavy atom. The summed E-state index contributed by atoms with van der Waals surface area (Å²) in [5.41, 5.74) is 0.00452. The van der Waals surface area contributed by atoms with E-state index in [0.717, 1.165) is 0 Å². The van der Waals surface area contributed by atoms with E-state index in [0.29, 0.717) is 10.7 Å². The number of benzene rings is 1. The number of para-hydroxylation sites is 1. The molecule has 0 radical (unpaired) electrons. The van der Waals surface area contributed by atoms with E-state index in [9.17, 15) is 9.59 Å². The Hall–Kier alpha value is -1.55. The van der Waals surface area contributed by atoms with Gasteiger partial charge >= 0.3 is 0 Å². The molecule has 2 N–H and O–H groups in total. The molecular weight excluding hydrogens is 264 g/mol. The molecule has 0 unspecified atom stereocenters. The molecule has 1 rings (SSSR count). The number of hydrogen-bond donors (Lipinski definition) is 2. The molecule has 0 saturated carbocycles. The van der Waals surface area contributed by atoms with E-state index in [4.69, 9.17) is 11.6 Å². The number of hydrogen-bond acceptors (Lipinski definition) is 2. The van der Waals surface area contributed by atoms with Crippen molar-refractivity contribution >= 4 is 29.1 Å². The van der Waals surface area contributed by atoms with E-state index in [1.807, 2.05) is 0 Å². The van der Waals surface area contributed by atoms with Gasteiger partial charge in [0.1, 0.15) is 6.04 Å². The first kappa shape index (κ1) is 15.5. The summed E-state index contributed by atoms with van der Waals surface area (Å²) >= 11 is 5.95. The van der Waals surface area contributed by atoms with Crippen molar-refractivity contribution in [1.82, 2.24) is 5.32 Å². The maximum Gasteiger partial charge on any atom is 0.246 e. The fourth-order valence-corrected chi connectivity index (χ4v) is 1.47. The minimum atomic E-state index is -0.622. The average molecular weight is 283 g/mol. The number of rotatable bonds is 3. The van der Waals surface area contributed by atoms with Crippen LogP contribution in [0, 0.1) is 5.41 Å². The average Bonchev–Trinajstić information content (AvgIpc) is 2.30. The van der Waals surface area contributed by atoms with Crippen LogP contribution in [0.5, 0.6) is 0 Å². The van der Waals surface area contributed by atoms with E-state index in [-0.39, 0.29) is 11.8 Å². The molecule has 104 valence electrons. The van der Waals surface area contributed by atoms with Gasteiger partial charge in [-0.25, -0.2) is 0 Å². The smallest absolute Gasteiger partial charge is 0.246 e. The molecule has 5 heteroatoms. The number of carbonyl (C=O) groups is 2. The van der Waals surface area contributed by atoms with Crippen LogP contribution in [-0.4, -0.2) is 17.9 Å². The van der Waals surface area contributed by atoms with E-state index in [1.54, 1.807) is 52.0 Å². The minimum Gasteiger partial charge on any atom is -0.344 e. The summed E-state index contributed by atoms with van der Waals surface area (Å²) in [7, 11) is 0. The van der Waals surface area contributed by atoms with E-state index >= 15 is 0 Å². The summed E-state index contributed by atoms with van der Waals surface area (Å²) in [6.45, 7) is 7.01. The summed E-state index contributed by atoms with van der Waals surface area (Å²) in [4.78, 5) is 23.7. The highest BCUT2D eigenvalue weighted by Gasteiger charge is 2.25. The van der Waals surface area contributed by atoms with Gasteiger partial charge in [0.05, 0.1) is 10.7 Å². The van der Waals surface area contributed by atoms with E-state index in [1.165, 1.54) is 0 Å². The van der Waals surface area contributed by atoms with Crippen molar-refractivity contribution in [2.24, 2.45) is 5.41 Å². The molecule has 4 nitrogen and oxygen atoms in total. The van der Waals surface area contributed by atoms with Crippen molar-refractivity contribution < 1.29 is 9.59 Å². The summed E-state index contributed by atoms with van der Waals surface area (Å²) in [5, 5.41) is 5.81. The molecule has 0 aliphatic heterocycles. The summed E-state index contributed by atoms with van der Waals surface area (Å²) in [6.07, 6.45) is 0. The summed E-state index contributed by atoms with van der Waals surface area (Å²) in [6, 6.07) is 6.33. The highest BCUT2D eigenvalue weighted by Crippen LogP contribution is 2.20. The van der Waals surface area contributed by atoms with Crippen molar-refractivity contribution in [2.75, 3.05) is 5.32 Å². The van der Waals surface area contributed by atoms with Gasteiger partial charge in [0.25, 0.3) is 0 Å². The first-order valence-corrected chi connectivity index (χ1v) is 6.46. The molecule has 0 saturated heterocycles. The van der Waals surface area contributed by atoms with Gasteiger partial charge < -0.3 is 10.6 Å². The van der Waals surface area contributed by atoms with Crippen LogP contribution in [0.4, 0.5) is 5.69 Å². The highest BCUT2D eigenvalue weighted by atomic mass is 35.5. The molecule has 1 atom stereocenters. The number of halogens is 1. The number of anilines is 1. The van der Waals surface area contributed by atoms with Gasteiger partial charge in [0.15, 0.2) is 0 Å². The number of nitrogens with one attached hydrogen (secondary N) is 2. The normalized spacial score (nSPS) is 12.7. The van der Waals surface area contributed by atoms with Gasteiger partial charge in [-0.1, -0.05) is 44.5 Å². The van der Waals surface area contributed by atoms with Crippen molar-refractivity contribution in [2.45, 2.75) is 33.7 Å². The van der Waals surface area contributed by atoms with Gasteiger partial charge in [-0.05, 0) is 19.1 Å². The lowest BCUT2D eigenvalue weighted by Crippen LogP contribution is -2.46. The lowest BCUT2D eigenvalue weighted by atomic mass is 9.95. The number of carbonyl (C=O) groups excluding carboxylic acids is 2. The first-order valence-electron chi connectivity index (χ1n) is 6.08. The first-order chi connectivity index (χ1) is 8.71. The molecule has 1 aromatic carbocycles. The van der Waals surface area contributed by atoms with Crippen LogP contribution in [0.2, 0.25) is 5.02 Å². The Morgan fingerprint density at radius 3 is 2.32 bits per heavy atom. The van der Waals surface area contributed by atoms with E-state index in [2.05, 4.69) is 10.6 Å². The van der Waals surface area contributed by atoms with Crippen molar-refractivity contribution in [3.05, 3.63) is 29.3 Å². The fourth-order valence-electron chi connectivity index (χ4n) is 1.28. The Bertz CT molecular complexity index is 481. The minimum absolute atomic E-state index is 0.172. The third kappa shape index (κ3) is 4.56. The topological polar surface area (TPSA) is 58.2 Å². The molecular formula is C14H19ClN2O2. The second kappa shape index (κ2) is 6.06. The maximum absolute atomic E-state index is 11.9. The summed E-state index contributed by atoms with van der Waals surface area (Å²) in [5.74, 6) is -0.472. The molecule has 0 fully saturated rings. The van der Waals surface area contributed by atoms with Crippen LogP contribution < -0.4 is 10.6 Å². The van der Waals surface area contributed by atoms with E-state index < -0.39 is 11.5 Å². The van der Waals surface area contributed by atoms with Crippen molar-refractivity contribution in [3.63, 3.8) is 0 Å². The summed E-state index contributed by atoms with van der Waals surface area (Å²) < 4.78 is 0. The van der Waals surface area contributed by atoms with Crippen LogP contribution in [0.15, 0.2) is 24.3 Å². The molecule has 0 spiro atoms. The molecule has 1 aromatic rings. The molecule has 19 heavy (non-hydrogen) atoms. The largest absolute Gasteiger partial charge is 0.344 e. The second-order valence-corrected chi connectivity index (χ2v) is 5.82. The SMILES string of the molecule is C[C@@H](NC(=O)C(C)(C)C)C(=O)Nc1ccccc1Cl. The molecule has 0 aromatic heterocycles. The molecule has 0 aliphatic carbocycles. The predicted molar refractivity (Wildman–Crippen MR) is 77.1 cm³/mol. The Kier molecular flexibility index (Phi) is 4.95. The lowest BCUT2D eigenvalue weighted by molar-refractivity contribution is -0.131. The van der Waals surface area contributed by atoms with Gasteiger partial charge in [-0.15, -0.1) is 0 Å². The van der Waals surface area contributed by atoms with Gasteiger partial charge in [-0.2, -0.15) is 0 Å². The second-order valence-electron chi connectivity index (χ2n) is 5.41. The van der Waals surface area contributed by atoms with Crippen LogP contribution in [0.3, 0.4) is 0 Å². The van der Waals surface area contributed by atoms with Crippen molar-refractivity contribution in [1.29, 1.82) is 0 Å². The Balaban J connectivity index is 2.64. The van der Waals surface area contributed by atoms with Crippen molar-refractivity contribution in [3.8, 4) is 0 Å².